The Labute approximate surface area is 148 Å². The predicted molar refractivity (Wildman–Crippen MR) is 92.1 cm³/mol. The fraction of sp³-hybridized carbons (Fsp3) is 0.111. The molecule has 0 radical (unpaired) electrons. The summed E-state index contributed by atoms with van der Waals surface area (Å²) in [6.45, 7) is 0. The molecule has 1 N–H and O–H groups in total. The number of hydrogen-bond acceptors (Lipinski definition) is 5. The highest BCUT2D eigenvalue weighted by molar-refractivity contribution is 6.04. The third-order valence-corrected chi connectivity index (χ3v) is 3.50. The molecule has 0 saturated carbocycles. The van der Waals surface area contributed by atoms with Gasteiger partial charge in [-0.1, -0.05) is 18.2 Å². The number of rotatable bonds is 4. The van der Waals surface area contributed by atoms with Crippen molar-refractivity contribution in [3.05, 3.63) is 65.8 Å². The van der Waals surface area contributed by atoms with Crippen LogP contribution in [0.4, 0.5) is 10.1 Å². The molecule has 0 aliphatic rings. The molecule has 132 valence electrons. The highest BCUT2D eigenvalue weighted by Crippen LogP contribution is 2.22. The highest BCUT2D eigenvalue weighted by Gasteiger charge is 2.18. The summed E-state index contributed by atoms with van der Waals surface area (Å²) >= 11 is 0. The number of aromatic nitrogens is 2. The van der Waals surface area contributed by atoms with Gasteiger partial charge in [-0.25, -0.2) is 4.39 Å². The number of nitrogens with zero attached hydrogens (tertiary/aromatic N) is 3. The predicted octanol–water partition coefficient (Wildman–Crippen LogP) is 2.83. The van der Waals surface area contributed by atoms with Crippen molar-refractivity contribution in [1.29, 1.82) is 0 Å². The van der Waals surface area contributed by atoms with Crippen LogP contribution in [0.1, 0.15) is 21.0 Å². The summed E-state index contributed by atoms with van der Waals surface area (Å²) in [6.07, 6.45) is 0. The summed E-state index contributed by atoms with van der Waals surface area (Å²) in [4.78, 5) is 25.3. The Kier molecular flexibility index (Phi) is 4.74. The van der Waals surface area contributed by atoms with Crippen LogP contribution in [0.3, 0.4) is 0 Å². The summed E-state index contributed by atoms with van der Waals surface area (Å²) in [5, 5.41) is 10.2. The number of benzene rings is 2. The van der Waals surface area contributed by atoms with Gasteiger partial charge < -0.3 is 14.6 Å². The molecule has 0 aliphatic heterocycles. The topological polar surface area (TPSA) is 88.3 Å². The quantitative estimate of drug-likeness (QED) is 0.778. The van der Waals surface area contributed by atoms with Crippen LogP contribution < -0.4 is 5.32 Å². The Morgan fingerprint density at radius 1 is 1.08 bits per heavy atom. The first-order valence-corrected chi connectivity index (χ1v) is 7.67. The van der Waals surface area contributed by atoms with Crippen molar-refractivity contribution in [3.8, 4) is 11.5 Å². The van der Waals surface area contributed by atoms with Gasteiger partial charge in [0.1, 0.15) is 5.82 Å². The SMILES string of the molecule is CN(C)C(=O)c1nnc(-c2cccc(NC(=O)c3ccccc3F)c2)o1. The zero-order valence-corrected chi connectivity index (χ0v) is 14.1. The van der Waals surface area contributed by atoms with Crippen molar-refractivity contribution in [2.24, 2.45) is 0 Å². The molecule has 0 fully saturated rings. The van der Waals surface area contributed by atoms with E-state index in [1.807, 2.05) is 0 Å². The number of carbonyl (C=O) groups is 2. The minimum Gasteiger partial charge on any atom is -0.412 e. The van der Waals surface area contributed by atoms with Crippen molar-refractivity contribution in [3.63, 3.8) is 0 Å². The van der Waals surface area contributed by atoms with E-state index in [4.69, 9.17) is 4.42 Å². The number of halogens is 1. The molecule has 8 heteroatoms. The number of hydrogen-bond donors (Lipinski definition) is 1. The Morgan fingerprint density at radius 2 is 1.85 bits per heavy atom. The lowest BCUT2D eigenvalue weighted by atomic mass is 10.1. The molecule has 2 aromatic carbocycles. The van der Waals surface area contributed by atoms with E-state index in [-0.39, 0.29) is 17.3 Å². The fourth-order valence-corrected chi connectivity index (χ4v) is 2.19. The molecular formula is C18H15FN4O3. The maximum Gasteiger partial charge on any atom is 0.310 e. The third kappa shape index (κ3) is 3.59. The molecular weight excluding hydrogens is 339 g/mol. The molecule has 1 aromatic heterocycles. The molecule has 3 rings (SSSR count). The second kappa shape index (κ2) is 7.14. The zero-order valence-electron chi connectivity index (χ0n) is 14.1. The van der Waals surface area contributed by atoms with Crippen LogP contribution >= 0.6 is 0 Å². The van der Waals surface area contributed by atoms with Gasteiger partial charge in [-0.2, -0.15) is 0 Å². The molecule has 26 heavy (non-hydrogen) atoms. The Balaban J connectivity index is 1.82. The molecule has 7 nitrogen and oxygen atoms in total. The summed E-state index contributed by atoms with van der Waals surface area (Å²) in [5.74, 6) is -1.59. The lowest BCUT2D eigenvalue weighted by Gasteiger charge is -2.07. The number of anilines is 1. The van der Waals surface area contributed by atoms with E-state index in [0.29, 0.717) is 11.3 Å². The minimum atomic E-state index is -0.607. The average molecular weight is 354 g/mol. The first-order chi connectivity index (χ1) is 12.5. The first kappa shape index (κ1) is 17.3. The van der Waals surface area contributed by atoms with E-state index in [2.05, 4.69) is 15.5 Å². The Morgan fingerprint density at radius 3 is 2.58 bits per heavy atom. The maximum absolute atomic E-state index is 13.7. The zero-order chi connectivity index (χ0) is 18.7. The Hall–Kier alpha value is -3.55. The normalized spacial score (nSPS) is 10.4. The van der Waals surface area contributed by atoms with Gasteiger partial charge >= 0.3 is 11.8 Å². The van der Waals surface area contributed by atoms with Crippen molar-refractivity contribution in [2.75, 3.05) is 19.4 Å². The molecule has 0 bridgehead atoms. The summed E-state index contributed by atoms with van der Waals surface area (Å²) in [5.41, 5.74) is 0.880. The van der Waals surface area contributed by atoms with Crippen molar-refractivity contribution in [2.45, 2.75) is 0 Å². The lowest BCUT2D eigenvalue weighted by Crippen LogP contribution is -2.21. The second-order valence-electron chi connectivity index (χ2n) is 5.63. The Bertz CT molecular complexity index is 968. The molecule has 0 saturated heterocycles. The van der Waals surface area contributed by atoms with Crippen LogP contribution in [-0.4, -0.2) is 41.0 Å². The first-order valence-electron chi connectivity index (χ1n) is 7.67. The molecule has 0 unspecified atom stereocenters. The van der Waals surface area contributed by atoms with Crippen LogP contribution in [0.2, 0.25) is 0 Å². The van der Waals surface area contributed by atoms with E-state index in [1.54, 1.807) is 44.4 Å². The lowest BCUT2D eigenvalue weighted by molar-refractivity contribution is 0.0789. The van der Waals surface area contributed by atoms with Gasteiger partial charge in [-0.15, -0.1) is 10.2 Å². The van der Waals surface area contributed by atoms with Crippen LogP contribution in [-0.2, 0) is 0 Å². The molecule has 0 atom stereocenters. The average Bonchev–Trinajstić information content (AvgIpc) is 3.11. The minimum absolute atomic E-state index is 0.0606. The van der Waals surface area contributed by atoms with Crippen LogP contribution in [0, 0.1) is 5.82 Å². The van der Waals surface area contributed by atoms with Gasteiger partial charge in [0, 0.05) is 25.3 Å². The highest BCUT2D eigenvalue weighted by atomic mass is 19.1. The standard InChI is InChI=1S/C18H15FN4O3/c1-23(2)18(25)17-22-21-16(26-17)11-6-5-7-12(10-11)20-15(24)13-8-3-4-9-14(13)19/h3-10H,1-2H3,(H,20,24). The fourth-order valence-electron chi connectivity index (χ4n) is 2.19. The molecule has 1 heterocycles. The van der Waals surface area contributed by atoms with Gasteiger partial charge in [0.15, 0.2) is 0 Å². The third-order valence-electron chi connectivity index (χ3n) is 3.50. The van der Waals surface area contributed by atoms with E-state index in [1.165, 1.54) is 23.1 Å². The summed E-state index contributed by atoms with van der Waals surface area (Å²) < 4.78 is 19.1. The van der Waals surface area contributed by atoms with Gasteiger partial charge in [0.25, 0.3) is 5.91 Å². The number of carbonyl (C=O) groups excluding carboxylic acids is 2. The van der Waals surface area contributed by atoms with E-state index < -0.39 is 17.6 Å². The van der Waals surface area contributed by atoms with Crippen molar-refractivity contribution in [1.82, 2.24) is 15.1 Å². The molecule has 2 amide bonds. The number of nitrogens with one attached hydrogen (secondary N) is 1. The van der Waals surface area contributed by atoms with Crippen molar-refractivity contribution >= 4 is 17.5 Å². The van der Waals surface area contributed by atoms with Crippen molar-refractivity contribution < 1.29 is 18.4 Å². The van der Waals surface area contributed by atoms with Crippen LogP contribution in [0.25, 0.3) is 11.5 Å². The molecule has 0 spiro atoms. The van der Waals surface area contributed by atoms with Gasteiger partial charge in [-0.3, -0.25) is 9.59 Å². The van der Waals surface area contributed by atoms with Gasteiger partial charge in [-0.05, 0) is 30.3 Å². The van der Waals surface area contributed by atoms with Crippen LogP contribution in [0.5, 0.6) is 0 Å². The summed E-state index contributed by atoms with van der Waals surface area (Å²) in [6, 6.07) is 12.3. The molecule has 0 aliphatic carbocycles. The smallest absolute Gasteiger partial charge is 0.310 e. The van der Waals surface area contributed by atoms with Crippen LogP contribution in [0.15, 0.2) is 52.9 Å². The van der Waals surface area contributed by atoms with E-state index in [9.17, 15) is 14.0 Å². The largest absolute Gasteiger partial charge is 0.412 e. The maximum atomic E-state index is 13.7. The monoisotopic (exact) mass is 354 g/mol. The van der Waals surface area contributed by atoms with E-state index in [0.717, 1.165) is 0 Å². The molecule has 3 aromatic rings. The van der Waals surface area contributed by atoms with Gasteiger partial charge in [0.2, 0.25) is 5.89 Å². The van der Waals surface area contributed by atoms with Gasteiger partial charge in [0.05, 0.1) is 5.56 Å². The number of amides is 2. The van der Waals surface area contributed by atoms with E-state index >= 15 is 0 Å². The summed E-state index contributed by atoms with van der Waals surface area (Å²) in [7, 11) is 3.15. The second-order valence-corrected chi connectivity index (χ2v) is 5.63.